The van der Waals surface area contributed by atoms with Crippen LogP contribution in [-0.4, -0.2) is 11.7 Å². The standard InChI is InChI=1S/C10H20O/c1-5-10(3,4)8-9(2)6-7-11/h6,11H,5,7-8H2,1-4H3. The summed E-state index contributed by atoms with van der Waals surface area (Å²) in [6.07, 6.45) is 4.16. The molecule has 0 radical (unpaired) electrons. The number of aliphatic hydroxyl groups excluding tert-OH is 1. The fraction of sp³-hybridized carbons (Fsp3) is 0.800. The third-order valence-corrected chi connectivity index (χ3v) is 2.15. The second-order valence-corrected chi connectivity index (χ2v) is 3.93. The minimum atomic E-state index is 0.172. The molecule has 0 aliphatic carbocycles. The highest BCUT2D eigenvalue weighted by atomic mass is 16.2. The molecule has 0 heterocycles. The third-order valence-electron chi connectivity index (χ3n) is 2.15. The number of allylic oxidation sites excluding steroid dienone is 1. The van der Waals surface area contributed by atoms with E-state index in [-0.39, 0.29) is 6.61 Å². The zero-order valence-electron chi connectivity index (χ0n) is 8.15. The maximum Gasteiger partial charge on any atom is 0.0614 e. The highest BCUT2D eigenvalue weighted by molar-refractivity contribution is 5.00. The second-order valence-electron chi connectivity index (χ2n) is 3.93. The molecule has 0 bridgehead atoms. The van der Waals surface area contributed by atoms with Crippen molar-refractivity contribution in [2.24, 2.45) is 5.41 Å². The molecule has 0 unspecified atom stereocenters. The van der Waals surface area contributed by atoms with Crippen molar-refractivity contribution in [1.29, 1.82) is 0 Å². The molecule has 0 rings (SSSR count). The van der Waals surface area contributed by atoms with Crippen LogP contribution in [0.15, 0.2) is 11.6 Å². The van der Waals surface area contributed by atoms with Crippen molar-refractivity contribution in [3.63, 3.8) is 0 Å². The molecule has 1 nitrogen and oxygen atoms in total. The summed E-state index contributed by atoms with van der Waals surface area (Å²) in [5.74, 6) is 0. The van der Waals surface area contributed by atoms with E-state index >= 15 is 0 Å². The lowest BCUT2D eigenvalue weighted by atomic mass is 9.83. The lowest BCUT2D eigenvalue weighted by Crippen LogP contribution is -2.09. The van der Waals surface area contributed by atoms with Crippen LogP contribution in [0.5, 0.6) is 0 Å². The van der Waals surface area contributed by atoms with Crippen LogP contribution in [0.25, 0.3) is 0 Å². The van der Waals surface area contributed by atoms with Crippen molar-refractivity contribution in [2.75, 3.05) is 6.61 Å². The Bertz CT molecular complexity index is 134. The van der Waals surface area contributed by atoms with Crippen molar-refractivity contribution < 1.29 is 5.11 Å². The van der Waals surface area contributed by atoms with E-state index < -0.39 is 0 Å². The Kier molecular flexibility index (Phi) is 4.43. The normalized spacial score (nSPS) is 13.7. The van der Waals surface area contributed by atoms with E-state index in [0.717, 1.165) is 6.42 Å². The monoisotopic (exact) mass is 156 g/mol. The fourth-order valence-corrected chi connectivity index (χ4v) is 1.11. The van der Waals surface area contributed by atoms with Gasteiger partial charge in [-0.3, -0.25) is 0 Å². The van der Waals surface area contributed by atoms with Gasteiger partial charge in [0.1, 0.15) is 0 Å². The molecule has 0 aromatic heterocycles. The van der Waals surface area contributed by atoms with Gasteiger partial charge >= 0.3 is 0 Å². The molecule has 0 spiro atoms. The molecule has 0 aliphatic rings. The van der Waals surface area contributed by atoms with Gasteiger partial charge in [0.15, 0.2) is 0 Å². The SMILES string of the molecule is CCC(C)(C)CC(C)=CCO. The van der Waals surface area contributed by atoms with E-state index in [1.165, 1.54) is 12.0 Å². The van der Waals surface area contributed by atoms with Gasteiger partial charge in [-0.2, -0.15) is 0 Å². The highest BCUT2D eigenvalue weighted by Crippen LogP contribution is 2.27. The predicted octanol–water partition coefficient (Wildman–Crippen LogP) is 2.75. The van der Waals surface area contributed by atoms with E-state index in [0.29, 0.717) is 5.41 Å². The van der Waals surface area contributed by atoms with Crippen LogP contribution in [0.2, 0.25) is 0 Å². The Morgan fingerprint density at radius 3 is 2.36 bits per heavy atom. The molecule has 0 saturated carbocycles. The van der Waals surface area contributed by atoms with Gasteiger partial charge in [-0.25, -0.2) is 0 Å². The lowest BCUT2D eigenvalue weighted by Gasteiger charge is -2.22. The average Bonchev–Trinajstić information content (AvgIpc) is 1.87. The Labute approximate surface area is 70.1 Å². The minimum Gasteiger partial charge on any atom is -0.392 e. The summed E-state index contributed by atoms with van der Waals surface area (Å²) in [4.78, 5) is 0. The van der Waals surface area contributed by atoms with Crippen LogP contribution in [0.3, 0.4) is 0 Å². The van der Waals surface area contributed by atoms with Crippen LogP contribution < -0.4 is 0 Å². The molecule has 0 aromatic rings. The maximum absolute atomic E-state index is 8.63. The largest absolute Gasteiger partial charge is 0.392 e. The van der Waals surface area contributed by atoms with Gasteiger partial charge in [0.2, 0.25) is 0 Å². The molecule has 1 N–H and O–H groups in total. The first-order valence-electron chi connectivity index (χ1n) is 4.28. The fourth-order valence-electron chi connectivity index (χ4n) is 1.11. The molecule has 0 atom stereocenters. The van der Waals surface area contributed by atoms with E-state index in [4.69, 9.17) is 5.11 Å². The Morgan fingerprint density at radius 1 is 1.45 bits per heavy atom. The Hall–Kier alpha value is -0.300. The van der Waals surface area contributed by atoms with Crippen LogP contribution in [-0.2, 0) is 0 Å². The van der Waals surface area contributed by atoms with Gasteiger partial charge in [-0.1, -0.05) is 38.8 Å². The van der Waals surface area contributed by atoms with Crippen LogP contribution in [0.1, 0.15) is 40.5 Å². The van der Waals surface area contributed by atoms with Crippen LogP contribution in [0.4, 0.5) is 0 Å². The number of hydrogen-bond acceptors (Lipinski definition) is 1. The van der Waals surface area contributed by atoms with E-state index in [1.807, 2.05) is 6.08 Å². The van der Waals surface area contributed by atoms with Crippen LogP contribution in [0, 0.1) is 5.41 Å². The topological polar surface area (TPSA) is 20.2 Å². The summed E-state index contributed by atoms with van der Waals surface area (Å²) in [5, 5.41) is 8.63. The smallest absolute Gasteiger partial charge is 0.0614 e. The molecule has 0 aliphatic heterocycles. The second kappa shape index (κ2) is 4.55. The summed E-state index contributed by atoms with van der Waals surface area (Å²) in [7, 11) is 0. The summed E-state index contributed by atoms with van der Waals surface area (Å²) in [6.45, 7) is 8.95. The van der Waals surface area contributed by atoms with E-state index in [9.17, 15) is 0 Å². The lowest BCUT2D eigenvalue weighted by molar-refractivity contribution is 0.331. The van der Waals surface area contributed by atoms with Crippen molar-refractivity contribution in [3.05, 3.63) is 11.6 Å². The quantitative estimate of drug-likeness (QED) is 0.620. The third kappa shape index (κ3) is 5.02. The summed E-state index contributed by atoms with van der Waals surface area (Å²) >= 11 is 0. The van der Waals surface area contributed by atoms with Crippen molar-refractivity contribution in [1.82, 2.24) is 0 Å². The molecule has 11 heavy (non-hydrogen) atoms. The van der Waals surface area contributed by atoms with Crippen molar-refractivity contribution in [3.8, 4) is 0 Å². The summed E-state index contributed by atoms with van der Waals surface area (Å²) in [6, 6.07) is 0. The molecule has 0 amide bonds. The van der Waals surface area contributed by atoms with Crippen molar-refractivity contribution >= 4 is 0 Å². The molecule has 0 fully saturated rings. The molecule has 0 saturated heterocycles. The van der Waals surface area contributed by atoms with Crippen molar-refractivity contribution in [2.45, 2.75) is 40.5 Å². The van der Waals surface area contributed by atoms with Gasteiger partial charge in [0, 0.05) is 0 Å². The molecular weight excluding hydrogens is 136 g/mol. The zero-order chi connectivity index (χ0) is 8.91. The first kappa shape index (κ1) is 10.7. The molecule has 66 valence electrons. The predicted molar refractivity (Wildman–Crippen MR) is 49.5 cm³/mol. The Morgan fingerprint density at radius 2 is 2.00 bits per heavy atom. The molecular formula is C10H20O. The first-order chi connectivity index (χ1) is 5.02. The van der Waals surface area contributed by atoms with E-state index in [2.05, 4.69) is 27.7 Å². The zero-order valence-corrected chi connectivity index (χ0v) is 8.15. The van der Waals surface area contributed by atoms with Gasteiger partial charge in [-0.05, 0) is 18.8 Å². The summed E-state index contributed by atoms with van der Waals surface area (Å²) < 4.78 is 0. The Balaban J connectivity index is 3.92. The van der Waals surface area contributed by atoms with Gasteiger partial charge < -0.3 is 5.11 Å². The average molecular weight is 156 g/mol. The number of rotatable bonds is 4. The first-order valence-corrected chi connectivity index (χ1v) is 4.28. The highest BCUT2D eigenvalue weighted by Gasteiger charge is 2.14. The van der Waals surface area contributed by atoms with Gasteiger partial charge in [0.25, 0.3) is 0 Å². The van der Waals surface area contributed by atoms with E-state index in [1.54, 1.807) is 0 Å². The van der Waals surface area contributed by atoms with Crippen LogP contribution >= 0.6 is 0 Å². The maximum atomic E-state index is 8.63. The number of aliphatic hydroxyl groups is 1. The van der Waals surface area contributed by atoms with Gasteiger partial charge in [0.05, 0.1) is 6.61 Å². The minimum absolute atomic E-state index is 0.172. The summed E-state index contributed by atoms with van der Waals surface area (Å²) in [5.41, 5.74) is 1.68. The molecule has 1 heteroatoms. The molecule has 0 aromatic carbocycles. The van der Waals surface area contributed by atoms with Gasteiger partial charge in [-0.15, -0.1) is 0 Å². The number of hydrogen-bond donors (Lipinski definition) is 1.